The molecule has 0 radical (unpaired) electrons. The van der Waals surface area contributed by atoms with Gasteiger partial charge in [0.05, 0.1) is 6.10 Å². The van der Waals surface area contributed by atoms with E-state index in [0.29, 0.717) is 17.4 Å². The quantitative estimate of drug-likeness (QED) is 0.0772. The topological polar surface area (TPSA) is 49.7 Å². The highest BCUT2D eigenvalue weighted by molar-refractivity contribution is 7.09. The van der Waals surface area contributed by atoms with Gasteiger partial charge in [0.2, 0.25) is 0 Å². The molecule has 0 aliphatic rings. The van der Waals surface area contributed by atoms with E-state index in [1.165, 1.54) is 5.56 Å². The Kier molecular flexibility index (Phi) is 14.3. The lowest BCUT2D eigenvalue weighted by molar-refractivity contribution is 0.270. The summed E-state index contributed by atoms with van der Waals surface area (Å²) in [6.45, 7) is 28.1. The molecule has 4 aromatic rings. The van der Waals surface area contributed by atoms with Crippen LogP contribution in [-0.2, 0) is 4.52 Å². The fourth-order valence-electron chi connectivity index (χ4n) is 7.12. The number of rotatable bonds is 14. The number of hydrogen-bond donors (Lipinski definition) is 2. The van der Waals surface area contributed by atoms with Crippen molar-refractivity contribution in [2.24, 2.45) is 17.8 Å². The Balaban J connectivity index is 2.17. The van der Waals surface area contributed by atoms with Crippen molar-refractivity contribution in [3.05, 3.63) is 147 Å². The summed E-state index contributed by atoms with van der Waals surface area (Å²) in [5.74, 6) is 1.27. The third-order valence-corrected chi connectivity index (χ3v) is 10.6. The molecule has 3 nitrogen and oxygen atoms in total. The van der Waals surface area contributed by atoms with Gasteiger partial charge in [-0.25, -0.2) is 0 Å². The summed E-state index contributed by atoms with van der Waals surface area (Å²) in [5.41, 5.74) is 10.7. The molecule has 280 valence electrons. The van der Waals surface area contributed by atoms with Crippen LogP contribution in [0.2, 0.25) is 0 Å². The Labute approximate surface area is 322 Å². The van der Waals surface area contributed by atoms with Crippen molar-refractivity contribution in [1.82, 2.24) is 0 Å². The molecule has 0 aliphatic carbocycles. The molecular formula is C49H61O3P. The van der Waals surface area contributed by atoms with Crippen LogP contribution in [0.15, 0.2) is 120 Å². The maximum Gasteiger partial charge on any atom is 0.131 e. The second kappa shape index (κ2) is 18.2. The average molecular weight is 729 g/mol. The summed E-state index contributed by atoms with van der Waals surface area (Å²) in [6, 6.07) is 24.8. The van der Waals surface area contributed by atoms with Crippen LogP contribution in [0.4, 0.5) is 0 Å². The number of fused-ring (bicyclic) bond motifs is 1. The molecule has 2 N–H and O–H groups in total. The van der Waals surface area contributed by atoms with Crippen molar-refractivity contribution in [2.75, 3.05) is 0 Å². The molecule has 0 amide bonds. The standard InChI is InChI=1S/C49H61O3P/c1-13-36(29(2)3)24-40(31(6)7)47(33(10)11)44(23-35-19-15-14-16-20-35)46(50)28-43-39-22-18-17-21-37(39)25-45(49(43)51)48-41(32(8)9)26-38(30(4)5)27-42(48)34(12)52-53/h13-34,50-51H,1,53H2,2-12H3/b36-24+,44-23+,46-28-,47-40-. The van der Waals surface area contributed by atoms with E-state index in [4.69, 9.17) is 4.52 Å². The molecule has 4 rings (SSSR count). The molecule has 0 fully saturated rings. The number of aliphatic hydroxyl groups excluding tert-OH is 1. The number of hydrogen-bond acceptors (Lipinski definition) is 3. The molecule has 0 heterocycles. The van der Waals surface area contributed by atoms with Crippen molar-refractivity contribution < 1.29 is 14.7 Å². The third-order valence-electron chi connectivity index (χ3n) is 10.2. The largest absolute Gasteiger partial charge is 0.507 e. The molecule has 4 heteroatoms. The van der Waals surface area contributed by atoms with Crippen LogP contribution in [0.5, 0.6) is 5.75 Å². The van der Waals surface area contributed by atoms with Crippen LogP contribution in [0.1, 0.15) is 122 Å². The number of allylic oxidation sites excluding steroid dienone is 5. The highest BCUT2D eigenvalue weighted by Crippen LogP contribution is 2.47. The number of aliphatic hydroxyl groups is 1. The van der Waals surface area contributed by atoms with Gasteiger partial charge in [-0.15, -0.1) is 0 Å². The van der Waals surface area contributed by atoms with Gasteiger partial charge < -0.3 is 14.7 Å². The fraction of sp³-hybridized carbons (Fsp3) is 0.347. The normalized spacial score (nSPS) is 14.2. The van der Waals surface area contributed by atoms with Gasteiger partial charge in [-0.3, -0.25) is 0 Å². The monoisotopic (exact) mass is 728 g/mol. The van der Waals surface area contributed by atoms with E-state index in [1.54, 1.807) is 6.08 Å². The lowest BCUT2D eigenvalue weighted by Gasteiger charge is -2.25. The predicted octanol–water partition coefficient (Wildman–Crippen LogP) is 14.7. The Bertz CT molecular complexity index is 2040. The smallest absolute Gasteiger partial charge is 0.131 e. The second-order valence-electron chi connectivity index (χ2n) is 15.7. The zero-order chi connectivity index (χ0) is 39.1. The van der Waals surface area contributed by atoms with Gasteiger partial charge in [0.25, 0.3) is 0 Å². The first-order valence-corrected chi connectivity index (χ1v) is 19.6. The maximum absolute atomic E-state index is 12.5. The minimum atomic E-state index is -0.239. The second-order valence-corrected chi connectivity index (χ2v) is 16.0. The molecule has 53 heavy (non-hydrogen) atoms. The average Bonchev–Trinajstić information content (AvgIpc) is 3.12. The first-order chi connectivity index (χ1) is 25.1. The van der Waals surface area contributed by atoms with Gasteiger partial charge in [0, 0.05) is 26.2 Å². The highest BCUT2D eigenvalue weighted by Gasteiger charge is 2.26. The molecule has 0 aromatic heterocycles. The summed E-state index contributed by atoms with van der Waals surface area (Å²) in [4.78, 5) is 0. The number of phenols is 1. The van der Waals surface area contributed by atoms with Gasteiger partial charge in [-0.05, 0) is 110 Å². The van der Waals surface area contributed by atoms with Crippen LogP contribution in [-0.4, -0.2) is 10.2 Å². The number of phenolic OH excluding ortho intramolecular Hbond substituents is 1. The lowest BCUT2D eigenvalue weighted by Crippen LogP contribution is -2.09. The zero-order valence-electron chi connectivity index (χ0n) is 33.8. The van der Waals surface area contributed by atoms with Crippen molar-refractivity contribution >= 4 is 32.4 Å². The van der Waals surface area contributed by atoms with Crippen molar-refractivity contribution in [1.29, 1.82) is 0 Å². The SMILES string of the molecule is C=C\C(=C/C(=C(C(=C/c1ccccc1)/C(O)=C/c1c(O)c(-c2c(C(C)C)cc(C(C)C)cc2C(C)OP)cc2ccccc12)\C(C)C)C(C)C)C(C)C. The van der Waals surface area contributed by atoms with E-state index in [2.05, 4.69) is 134 Å². The Morgan fingerprint density at radius 1 is 0.736 bits per heavy atom. The maximum atomic E-state index is 12.5. The molecule has 0 spiro atoms. The van der Waals surface area contributed by atoms with Crippen LogP contribution in [0, 0.1) is 17.8 Å². The van der Waals surface area contributed by atoms with Crippen molar-refractivity contribution in [3.63, 3.8) is 0 Å². The zero-order valence-corrected chi connectivity index (χ0v) is 34.9. The van der Waals surface area contributed by atoms with Crippen molar-refractivity contribution in [2.45, 2.75) is 94.1 Å². The van der Waals surface area contributed by atoms with Gasteiger partial charge in [0.1, 0.15) is 11.5 Å². The minimum absolute atomic E-state index is 0.0769. The molecule has 0 bridgehead atoms. The fourth-order valence-corrected chi connectivity index (χ4v) is 7.27. The summed E-state index contributed by atoms with van der Waals surface area (Å²) in [7, 11) is 2.42. The van der Waals surface area contributed by atoms with E-state index in [1.807, 2.05) is 49.4 Å². The van der Waals surface area contributed by atoms with Crippen molar-refractivity contribution in [3.8, 4) is 16.9 Å². The van der Waals surface area contributed by atoms with E-state index < -0.39 is 0 Å². The van der Waals surface area contributed by atoms with Crippen LogP contribution < -0.4 is 0 Å². The van der Waals surface area contributed by atoms with Crippen LogP contribution >= 0.6 is 9.47 Å². The number of aromatic hydroxyl groups is 1. The first kappa shape index (κ1) is 41.6. The molecule has 0 aliphatic heterocycles. The van der Waals surface area contributed by atoms with E-state index in [-0.39, 0.29) is 35.4 Å². The molecule has 4 aromatic carbocycles. The molecular weight excluding hydrogens is 668 g/mol. The molecule has 0 saturated heterocycles. The third kappa shape index (κ3) is 9.50. The van der Waals surface area contributed by atoms with Crippen LogP contribution in [0.25, 0.3) is 34.1 Å². The molecule has 2 atom stereocenters. The molecule has 2 unspecified atom stereocenters. The van der Waals surface area contributed by atoms with E-state index in [0.717, 1.165) is 60.9 Å². The summed E-state index contributed by atoms with van der Waals surface area (Å²) in [5, 5.41) is 26.9. The minimum Gasteiger partial charge on any atom is -0.507 e. The first-order valence-electron chi connectivity index (χ1n) is 19.2. The van der Waals surface area contributed by atoms with Gasteiger partial charge in [-0.1, -0.05) is 155 Å². The summed E-state index contributed by atoms with van der Waals surface area (Å²) in [6.07, 6.45) is 7.79. The Morgan fingerprint density at radius 3 is 1.91 bits per heavy atom. The Hall–Kier alpha value is -4.17. The lowest BCUT2D eigenvalue weighted by atomic mass is 9.81. The van der Waals surface area contributed by atoms with E-state index >= 15 is 0 Å². The Morgan fingerprint density at radius 2 is 1.36 bits per heavy atom. The van der Waals surface area contributed by atoms with Gasteiger partial charge in [-0.2, -0.15) is 0 Å². The summed E-state index contributed by atoms with van der Waals surface area (Å²) >= 11 is 0. The number of benzene rings is 4. The predicted molar refractivity (Wildman–Crippen MR) is 233 cm³/mol. The van der Waals surface area contributed by atoms with Crippen LogP contribution in [0.3, 0.4) is 0 Å². The van der Waals surface area contributed by atoms with Gasteiger partial charge in [0.15, 0.2) is 0 Å². The summed E-state index contributed by atoms with van der Waals surface area (Å²) < 4.78 is 5.88. The molecule has 0 saturated carbocycles. The van der Waals surface area contributed by atoms with Gasteiger partial charge >= 0.3 is 0 Å². The highest BCUT2D eigenvalue weighted by atomic mass is 31.0. The van der Waals surface area contributed by atoms with E-state index in [9.17, 15) is 10.2 Å².